The number of aliphatic hydroxyl groups is 1. The van der Waals surface area contributed by atoms with Gasteiger partial charge < -0.3 is 5.11 Å². The van der Waals surface area contributed by atoms with Crippen LogP contribution in [0.3, 0.4) is 0 Å². The number of aromatic nitrogens is 2. The molecule has 1 N–H and O–H groups in total. The maximum Gasteiger partial charge on any atom is 0.0678 e. The lowest BCUT2D eigenvalue weighted by atomic mass is 9.94. The van der Waals surface area contributed by atoms with Crippen molar-refractivity contribution >= 4 is 0 Å². The lowest BCUT2D eigenvalue weighted by Gasteiger charge is -2.22. The SMILES string of the molecule is CCC(C)n1ccc(CC(C)(O)CC2CC2)n1. The van der Waals surface area contributed by atoms with Crippen LogP contribution in [-0.4, -0.2) is 20.5 Å². The predicted octanol–water partition coefficient (Wildman–Crippen LogP) is 2.95. The second kappa shape index (κ2) is 4.81. The van der Waals surface area contributed by atoms with Gasteiger partial charge in [0.1, 0.15) is 0 Å². The van der Waals surface area contributed by atoms with Crippen molar-refractivity contribution in [1.29, 1.82) is 0 Å². The first-order chi connectivity index (χ1) is 8.00. The molecule has 0 saturated heterocycles. The minimum absolute atomic E-state index is 0.442. The molecule has 2 rings (SSSR count). The Bertz CT molecular complexity index is 366. The molecule has 2 unspecified atom stereocenters. The molecule has 1 aliphatic rings. The number of hydrogen-bond acceptors (Lipinski definition) is 2. The van der Waals surface area contributed by atoms with Gasteiger partial charge in [-0.3, -0.25) is 4.68 Å². The smallest absolute Gasteiger partial charge is 0.0678 e. The van der Waals surface area contributed by atoms with E-state index in [1.165, 1.54) is 12.8 Å². The molecule has 3 heteroatoms. The van der Waals surface area contributed by atoms with Crippen LogP contribution < -0.4 is 0 Å². The Morgan fingerprint density at radius 3 is 2.88 bits per heavy atom. The Balaban J connectivity index is 1.95. The fourth-order valence-electron chi connectivity index (χ4n) is 2.31. The molecular weight excluding hydrogens is 212 g/mol. The van der Waals surface area contributed by atoms with Crippen molar-refractivity contribution in [2.75, 3.05) is 0 Å². The molecule has 2 atom stereocenters. The van der Waals surface area contributed by atoms with Gasteiger partial charge in [0.05, 0.1) is 11.3 Å². The van der Waals surface area contributed by atoms with E-state index in [9.17, 15) is 5.11 Å². The molecule has 0 aliphatic heterocycles. The van der Waals surface area contributed by atoms with E-state index in [4.69, 9.17) is 0 Å². The van der Waals surface area contributed by atoms with Gasteiger partial charge in [0, 0.05) is 18.7 Å². The van der Waals surface area contributed by atoms with Gasteiger partial charge in [-0.15, -0.1) is 0 Å². The van der Waals surface area contributed by atoms with Crippen LogP contribution in [0, 0.1) is 5.92 Å². The highest BCUT2D eigenvalue weighted by molar-refractivity contribution is 5.04. The van der Waals surface area contributed by atoms with Gasteiger partial charge in [0.25, 0.3) is 0 Å². The average molecular weight is 236 g/mol. The highest BCUT2D eigenvalue weighted by atomic mass is 16.3. The minimum Gasteiger partial charge on any atom is -0.390 e. The monoisotopic (exact) mass is 236 g/mol. The maximum absolute atomic E-state index is 10.3. The summed E-state index contributed by atoms with van der Waals surface area (Å²) in [6.45, 7) is 6.27. The molecule has 3 nitrogen and oxygen atoms in total. The molecule has 1 heterocycles. The Labute approximate surface area is 104 Å². The fourth-order valence-corrected chi connectivity index (χ4v) is 2.31. The zero-order valence-corrected chi connectivity index (χ0v) is 11.2. The highest BCUT2D eigenvalue weighted by Gasteiger charge is 2.32. The van der Waals surface area contributed by atoms with Crippen molar-refractivity contribution in [3.63, 3.8) is 0 Å². The van der Waals surface area contributed by atoms with Gasteiger partial charge in [0.15, 0.2) is 0 Å². The molecule has 17 heavy (non-hydrogen) atoms. The lowest BCUT2D eigenvalue weighted by molar-refractivity contribution is 0.0444. The maximum atomic E-state index is 10.3. The van der Waals surface area contributed by atoms with Crippen LogP contribution in [0.4, 0.5) is 0 Å². The number of hydrogen-bond donors (Lipinski definition) is 1. The summed E-state index contributed by atoms with van der Waals surface area (Å²) in [6, 6.07) is 2.48. The molecular formula is C14H24N2O. The average Bonchev–Trinajstić information content (AvgIpc) is 2.93. The third kappa shape index (κ3) is 3.56. The zero-order valence-electron chi connectivity index (χ0n) is 11.2. The van der Waals surface area contributed by atoms with Crippen LogP contribution in [0.15, 0.2) is 12.3 Å². The summed E-state index contributed by atoms with van der Waals surface area (Å²) >= 11 is 0. The fraction of sp³-hybridized carbons (Fsp3) is 0.786. The molecule has 1 aromatic rings. The summed E-state index contributed by atoms with van der Waals surface area (Å²) in [7, 11) is 0. The van der Waals surface area contributed by atoms with E-state index in [2.05, 4.69) is 18.9 Å². The van der Waals surface area contributed by atoms with E-state index in [1.54, 1.807) is 0 Å². The van der Waals surface area contributed by atoms with Gasteiger partial charge in [-0.05, 0) is 38.7 Å². The minimum atomic E-state index is -0.587. The summed E-state index contributed by atoms with van der Waals surface area (Å²) in [5.41, 5.74) is 0.423. The van der Waals surface area contributed by atoms with E-state index in [0.717, 1.165) is 24.5 Å². The first-order valence-electron chi connectivity index (χ1n) is 6.76. The van der Waals surface area contributed by atoms with Crippen LogP contribution in [0.25, 0.3) is 0 Å². The van der Waals surface area contributed by atoms with E-state index in [-0.39, 0.29) is 0 Å². The van der Waals surface area contributed by atoms with E-state index in [1.807, 2.05) is 23.9 Å². The molecule has 96 valence electrons. The molecule has 0 aromatic carbocycles. The summed E-state index contributed by atoms with van der Waals surface area (Å²) in [5, 5.41) is 14.9. The van der Waals surface area contributed by atoms with Crippen LogP contribution >= 0.6 is 0 Å². The second-order valence-corrected chi connectivity index (χ2v) is 5.87. The molecule has 1 saturated carbocycles. The second-order valence-electron chi connectivity index (χ2n) is 5.87. The normalized spacial score (nSPS) is 21.2. The third-order valence-electron chi connectivity index (χ3n) is 3.69. The van der Waals surface area contributed by atoms with Gasteiger partial charge in [-0.2, -0.15) is 5.10 Å². The standard InChI is InChI=1S/C14H24N2O/c1-4-11(2)16-8-7-13(15-16)10-14(3,17)9-12-5-6-12/h7-8,11-12,17H,4-6,9-10H2,1-3H3. The van der Waals surface area contributed by atoms with Crippen LogP contribution in [0.5, 0.6) is 0 Å². The molecule has 1 aliphatic carbocycles. The molecule has 0 radical (unpaired) electrons. The van der Waals surface area contributed by atoms with E-state index < -0.39 is 5.60 Å². The first kappa shape index (κ1) is 12.6. The number of nitrogens with zero attached hydrogens (tertiary/aromatic N) is 2. The first-order valence-corrected chi connectivity index (χ1v) is 6.76. The topological polar surface area (TPSA) is 38.0 Å². The highest BCUT2D eigenvalue weighted by Crippen LogP contribution is 2.37. The lowest BCUT2D eigenvalue weighted by Crippen LogP contribution is -2.28. The van der Waals surface area contributed by atoms with Crippen molar-refractivity contribution in [3.8, 4) is 0 Å². The van der Waals surface area contributed by atoms with E-state index >= 15 is 0 Å². The molecule has 1 fully saturated rings. The van der Waals surface area contributed by atoms with Gasteiger partial charge in [-0.1, -0.05) is 19.8 Å². The van der Waals surface area contributed by atoms with Crippen LogP contribution in [0.2, 0.25) is 0 Å². The summed E-state index contributed by atoms with van der Waals surface area (Å²) in [5.74, 6) is 0.752. The van der Waals surface area contributed by atoms with Crippen molar-refractivity contribution in [2.45, 2.75) is 64.5 Å². The van der Waals surface area contributed by atoms with Gasteiger partial charge in [-0.25, -0.2) is 0 Å². The van der Waals surface area contributed by atoms with Crippen LogP contribution in [0.1, 0.15) is 58.2 Å². The summed E-state index contributed by atoms with van der Waals surface area (Å²) < 4.78 is 2.00. The third-order valence-corrected chi connectivity index (χ3v) is 3.69. The molecule has 0 amide bonds. The number of rotatable bonds is 6. The quantitative estimate of drug-likeness (QED) is 0.824. The van der Waals surface area contributed by atoms with Crippen molar-refractivity contribution in [2.24, 2.45) is 5.92 Å². The van der Waals surface area contributed by atoms with Crippen molar-refractivity contribution in [1.82, 2.24) is 9.78 Å². The molecule has 1 aromatic heterocycles. The van der Waals surface area contributed by atoms with Crippen molar-refractivity contribution in [3.05, 3.63) is 18.0 Å². The van der Waals surface area contributed by atoms with Gasteiger partial charge in [0.2, 0.25) is 0 Å². The Hall–Kier alpha value is -0.830. The van der Waals surface area contributed by atoms with Crippen molar-refractivity contribution < 1.29 is 5.11 Å². The zero-order chi connectivity index (χ0) is 12.5. The Kier molecular flexibility index (Phi) is 3.57. The largest absolute Gasteiger partial charge is 0.390 e. The molecule has 0 spiro atoms. The Morgan fingerprint density at radius 2 is 2.29 bits per heavy atom. The van der Waals surface area contributed by atoms with Gasteiger partial charge >= 0.3 is 0 Å². The van der Waals surface area contributed by atoms with E-state index in [0.29, 0.717) is 12.5 Å². The predicted molar refractivity (Wildman–Crippen MR) is 68.9 cm³/mol. The Morgan fingerprint density at radius 1 is 1.59 bits per heavy atom. The molecule has 0 bridgehead atoms. The van der Waals surface area contributed by atoms with Crippen LogP contribution in [-0.2, 0) is 6.42 Å². The summed E-state index contributed by atoms with van der Waals surface area (Å²) in [6.07, 6.45) is 7.28. The summed E-state index contributed by atoms with van der Waals surface area (Å²) in [4.78, 5) is 0.